The highest BCUT2D eigenvalue weighted by Gasteiger charge is 2.28. The van der Waals surface area contributed by atoms with E-state index in [2.05, 4.69) is 32.5 Å². The van der Waals surface area contributed by atoms with Gasteiger partial charge < -0.3 is 0 Å². The highest BCUT2D eigenvalue weighted by molar-refractivity contribution is 9.10. The predicted molar refractivity (Wildman–Crippen MR) is 90.4 cm³/mol. The number of halogens is 1. The van der Waals surface area contributed by atoms with Gasteiger partial charge in [0.05, 0.1) is 11.2 Å². The quantitative estimate of drug-likeness (QED) is 0.654. The van der Waals surface area contributed by atoms with Gasteiger partial charge in [0.25, 0.3) is 5.91 Å². The number of carbonyl (C=O) groups excluding carboxylic acids is 1. The van der Waals surface area contributed by atoms with Crippen molar-refractivity contribution in [2.75, 3.05) is 18.6 Å². The molecule has 4 heterocycles. The Kier molecular flexibility index (Phi) is 3.19. The molecule has 1 aliphatic heterocycles. The second-order valence-corrected chi connectivity index (χ2v) is 7.09. The van der Waals surface area contributed by atoms with Crippen molar-refractivity contribution in [2.24, 2.45) is 0 Å². The lowest BCUT2D eigenvalue weighted by Crippen LogP contribution is -2.48. The second-order valence-electron chi connectivity index (χ2n) is 5.18. The van der Waals surface area contributed by atoms with E-state index in [4.69, 9.17) is 0 Å². The molecule has 7 heteroatoms. The zero-order chi connectivity index (χ0) is 15.3. The number of fused-ring (bicyclic) bond motifs is 2. The van der Waals surface area contributed by atoms with Gasteiger partial charge in [-0.15, -0.1) is 11.3 Å². The summed E-state index contributed by atoms with van der Waals surface area (Å²) in [6.07, 6.45) is 2.74. The van der Waals surface area contributed by atoms with Gasteiger partial charge in [0, 0.05) is 35.6 Å². The van der Waals surface area contributed by atoms with Crippen LogP contribution in [0.4, 0.5) is 5.69 Å². The van der Waals surface area contributed by atoms with E-state index in [0.717, 1.165) is 22.1 Å². The van der Waals surface area contributed by atoms with Gasteiger partial charge in [-0.05, 0) is 45.6 Å². The molecule has 0 aliphatic carbocycles. The van der Waals surface area contributed by atoms with E-state index in [0.29, 0.717) is 12.2 Å². The van der Waals surface area contributed by atoms with Crippen LogP contribution in [0.25, 0.3) is 5.52 Å². The van der Waals surface area contributed by atoms with Crippen LogP contribution in [0.2, 0.25) is 0 Å². The van der Waals surface area contributed by atoms with Gasteiger partial charge in [0.15, 0.2) is 5.69 Å². The van der Waals surface area contributed by atoms with Crippen molar-refractivity contribution < 1.29 is 4.79 Å². The van der Waals surface area contributed by atoms with E-state index in [1.54, 1.807) is 20.9 Å². The molecule has 1 aliphatic rings. The average Bonchev–Trinajstić information content (AvgIpc) is 3.12. The largest absolute Gasteiger partial charge is 0.292 e. The first kappa shape index (κ1) is 13.8. The maximum absolute atomic E-state index is 12.8. The first-order valence-corrected chi connectivity index (χ1v) is 8.57. The van der Waals surface area contributed by atoms with Gasteiger partial charge in [0.1, 0.15) is 0 Å². The summed E-state index contributed by atoms with van der Waals surface area (Å²) < 4.78 is 2.65. The molecule has 0 radical (unpaired) electrons. The van der Waals surface area contributed by atoms with Gasteiger partial charge >= 0.3 is 0 Å². The molecular weight excluding hydrogens is 364 g/mol. The second kappa shape index (κ2) is 5.10. The van der Waals surface area contributed by atoms with Crippen LogP contribution in [0.3, 0.4) is 0 Å². The number of thiophene rings is 1. The Morgan fingerprint density at radius 2 is 2.23 bits per heavy atom. The molecule has 3 aromatic heterocycles. The molecule has 0 saturated carbocycles. The number of carbonyl (C=O) groups is 1. The molecule has 0 saturated heterocycles. The topological polar surface area (TPSA) is 40.9 Å². The van der Waals surface area contributed by atoms with Gasteiger partial charge in [-0.2, -0.15) is 5.10 Å². The minimum absolute atomic E-state index is 0.0702. The lowest BCUT2D eigenvalue weighted by Gasteiger charge is -2.36. The van der Waals surface area contributed by atoms with Gasteiger partial charge in [-0.25, -0.2) is 9.52 Å². The van der Waals surface area contributed by atoms with Crippen molar-refractivity contribution in [3.05, 3.63) is 50.9 Å². The summed E-state index contributed by atoms with van der Waals surface area (Å²) in [5.41, 5.74) is 2.47. The minimum atomic E-state index is -0.0702. The molecule has 4 rings (SSSR count). The molecule has 0 bridgehead atoms. The van der Waals surface area contributed by atoms with Crippen LogP contribution in [-0.4, -0.2) is 34.1 Å². The maximum Gasteiger partial charge on any atom is 0.292 e. The Bertz CT molecular complexity index is 871. The fourth-order valence-corrected chi connectivity index (χ4v) is 3.95. The SMILES string of the molecule is CN1c2ccsc2CCN1C(=O)c1cc2ccc(Br)cn2n1. The van der Waals surface area contributed by atoms with Crippen molar-refractivity contribution in [2.45, 2.75) is 6.42 Å². The summed E-state index contributed by atoms with van der Waals surface area (Å²) in [5, 5.41) is 10.1. The third-order valence-corrected chi connectivity index (χ3v) is 5.30. The number of rotatable bonds is 1. The van der Waals surface area contributed by atoms with Crippen molar-refractivity contribution in [1.82, 2.24) is 14.6 Å². The van der Waals surface area contributed by atoms with E-state index < -0.39 is 0 Å². The molecule has 1 amide bonds. The average molecular weight is 377 g/mol. The third-order valence-electron chi connectivity index (χ3n) is 3.86. The summed E-state index contributed by atoms with van der Waals surface area (Å²) in [6.45, 7) is 0.681. The van der Waals surface area contributed by atoms with Crippen LogP contribution < -0.4 is 5.01 Å². The molecule has 0 fully saturated rings. The summed E-state index contributed by atoms with van der Waals surface area (Å²) in [4.78, 5) is 14.1. The molecule has 0 spiro atoms. The first-order chi connectivity index (χ1) is 10.6. The number of hydrazine groups is 1. The molecule has 112 valence electrons. The molecule has 0 N–H and O–H groups in total. The third kappa shape index (κ3) is 2.12. The Hall–Kier alpha value is -1.86. The fraction of sp³-hybridized carbons (Fsp3) is 0.200. The normalized spacial score (nSPS) is 14.5. The lowest BCUT2D eigenvalue weighted by molar-refractivity contribution is 0.0733. The van der Waals surface area contributed by atoms with Crippen molar-refractivity contribution in [3.8, 4) is 0 Å². The van der Waals surface area contributed by atoms with Crippen molar-refractivity contribution in [3.63, 3.8) is 0 Å². The highest BCUT2D eigenvalue weighted by atomic mass is 79.9. The number of aromatic nitrogens is 2. The summed E-state index contributed by atoms with van der Waals surface area (Å²) >= 11 is 5.15. The molecule has 5 nitrogen and oxygen atoms in total. The van der Waals surface area contributed by atoms with Crippen LogP contribution >= 0.6 is 27.3 Å². The molecule has 0 atom stereocenters. The van der Waals surface area contributed by atoms with E-state index >= 15 is 0 Å². The zero-order valence-electron chi connectivity index (χ0n) is 11.9. The van der Waals surface area contributed by atoms with Crippen LogP contribution in [0.1, 0.15) is 15.4 Å². The predicted octanol–water partition coefficient (Wildman–Crippen LogP) is 3.21. The number of hydrogen-bond acceptors (Lipinski definition) is 4. The Balaban J connectivity index is 1.68. The summed E-state index contributed by atoms with van der Waals surface area (Å²) in [7, 11) is 1.93. The first-order valence-electron chi connectivity index (χ1n) is 6.90. The van der Waals surface area contributed by atoms with Gasteiger partial charge in [-0.1, -0.05) is 0 Å². The van der Waals surface area contributed by atoms with Crippen LogP contribution in [-0.2, 0) is 6.42 Å². The molecule has 22 heavy (non-hydrogen) atoms. The van der Waals surface area contributed by atoms with E-state index in [-0.39, 0.29) is 5.91 Å². The van der Waals surface area contributed by atoms with Crippen molar-refractivity contribution >= 4 is 44.4 Å². The van der Waals surface area contributed by atoms with Gasteiger partial charge in [0.2, 0.25) is 0 Å². The van der Waals surface area contributed by atoms with Crippen LogP contribution in [0.15, 0.2) is 40.3 Å². The highest BCUT2D eigenvalue weighted by Crippen LogP contribution is 2.31. The lowest BCUT2D eigenvalue weighted by atomic mass is 10.2. The van der Waals surface area contributed by atoms with E-state index in [9.17, 15) is 4.79 Å². The number of nitrogens with zero attached hydrogens (tertiary/aromatic N) is 4. The molecule has 0 unspecified atom stereocenters. The summed E-state index contributed by atoms with van der Waals surface area (Å²) in [5.74, 6) is -0.0702. The Morgan fingerprint density at radius 1 is 1.36 bits per heavy atom. The van der Waals surface area contributed by atoms with Crippen LogP contribution in [0, 0.1) is 0 Å². The van der Waals surface area contributed by atoms with E-state index in [1.807, 2.05) is 36.5 Å². The van der Waals surface area contributed by atoms with Crippen molar-refractivity contribution in [1.29, 1.82) is 0 Å². The number of amides is 1. The number of pyridine rings is 1. The fourth-order valence-electron chi connectivity index (χ4n) is 2.73. The molecular formula is C15H13BrN4OS. The monoisotopic (exact) mass is 376 g/mol. The minimum Gasteiger partial charge on any atom is -0.285 e. The summed E-state index contributed by atoms with van der Waals surface area (Å²) in [6, 6.07) is 7.76. The molecule has 0 aromatic carbocycles. The number of hydrogen-bond donors (Lipinski definition) is 0. The van der Waals surface area contributed by atoms with Gasteiger partial charge in [-0.3, -0.25) is 9.80 Å². The standard InChI is InChI=1S/C15H13BrN4OS/c1-18-13-5-7-22-14(13)4-6-20(18)15(21)12-8-11-3-2-10(16)9-19(11)17-12/h2-3,5,7-9H,4,6H2,1H3. The van der Waals surface area contributed by atoms with Crippen LogP contribution in [0.5, 0.6) is 0 Å². The Labute approximate surface area is 139 Å². The maximum atomic E-state index is 12.8. The smallest absolute Gasteiger partial charge is 0.285 e. The molecule has 3 aromatic rings. The number of anilines is 1. The van der Waals surface area contributed by atoms with E-state index in [1.165, 1.54) is 4.88 Å². The Morgan fingerprint density at radius 3 is 3.09 bits per heavy atom. The zero-order valence-corrected chi connectivity index (χ0v) is 14.3.